The average molecular weight is 301 g/mol. The highest BCUT2D eigenvalue weighted by Gasteiger charge is 2.23. The molecule has 7 heteroatoms. The van der Waals surface area contributed by atoms with Gasteiger partial charge < -0.3 is 9.64 Å². The summed E-state index contributed by atoms with van der Waals surface area (Å²) in [5, 5.41) is 3.46. The first-order valence-corrected chi connectivity index (χ1v) is 5.82. The van der Waals surface area contributed by atoms with Crippen LogP contribution >= 0.6 is 15.9 Å². The molecule has 0 aromatic heterocycles. The minimum Gasteiger partial charge on any atom is -0.356 e. The van der Waals surface area contributed by atoms with Gasteiger partial charge in [0.2, 0.25) is 0 Å². The molecule has 2 rings (SSSR count). The van der Waals surface area contributed by atoms with Gasteiger partial charge in [0.1, 0.15) is 12.5 Å². The van der Waals surface area contributed by atoms with E-state index < -0.39 is 0 Å². The molecular weight excluding hydrogens is 291 g/mol. The Bertz CT molecular complexity index is 464. The zero-order valence-electron chi connectivity index (χ0n) is 8.88. The summed E-state index contributed by atoms with van der Waals surface area (Å²) < 4.78 is 19.2. The number of hydrogen-bond donors (Lipinski definition) is 0. The Morgan fingerprint density at radius 3 is 3.18 bits per heavy atom. The zero-order valence-corrected chi connectivity index (χ0v) is 10.5. The first-order chi connectivity index (χ1) is 8.20. The van der Waals surface area contributed by atoms with Gasteiger partial charge in [-0.25, -0.2) is 4.39 Å². The largest absolute Gasteiger partial charge is 0.356 e. The minimum absolute atomic E-state index is 0.127. The maximum atomic E-state index is 13.4. The molecule has 0 unspecified atom stereocenters. The first-order valence-electron chi connectivity index (χ1n) is 5.03. The number of ether oxygens (including phenoxy) is 1. The standard InChI is InChI=1S/C10H10BrFN4O/c11-9-2-1-7(3-10(9)12)16-5-8(17-6-16)4-14-15-13/h1-3,8H,4-6H2/t8-/m0/s1. The van der Waals surface area contributed by atoms with E-state index in [1.165, 1.54) is 6.07 Å². The van der Waals surface area contributed by atoms with E-state index in [1.807, 2.05) is 11.0 Å². The highest BCUT2D eigenvalue weighted by atomic mass is 79.9. The predicted octanol–water partition coefficient (Wildman–Crippen LogP) is 3.06. The Morgan fingerprint density at radius 1 is 1.65 bits per heavy atom. The summed E-state index contributed by atoms with van der Waals surface area (Å²) in [5.41, 5.74) is 8.97. The van der Waals surface area contributed by atoms with Crippen molar-refractivity contribution >= 4 is 21.6 Å². The number of anilines is 1. The van der Waals surface area contributed by atoms with Gasteiger partial charge in [0.15, 0.2) is 0 Å². The number of rotatable bonds is 3. The van der Waals surface area contributed by atoms with Crippen LogP contribution in [0.25, 0.3) is 10.4 Å². The van der Waals surface area contributed by atoms with Crippen LogP contribution in [0.2, 0.25) is 0 Å². The zero-order chi connectivity index (χ0) is 12.3. The summed E-state index contributed by atoms with van der Waals surface area (Å²) >= 11 is 3.10. The van der Waals surface area contributed by atoms with Crippen molar-refractivity contribution in [1.29, 1.82) is 0 Å². The van der Waals surface area contributed by atoms with Crippen LogP contribution < -0.4 is 4.90 Å². The molecular formula is C10H10BrFN4O. The molecule has 0 aliphatic carbocycles. The van der Waals surface area contributed by atoms with Crippen LogP contribution in [0.1, 0.15) is 0 Å². The van der Waals surface area contributed by atoms with Crippen LogP contribution in [0.3, 0.4) is 0 Å². The van der Waals surface area contributed by atoms with Crippen molar-refractivity contribution in [3.05, 3.63) is 38.9 Å². The van der Waals surface area contributed by atoms with Crippen molar-refractivity contribution in [3.63, 3.8) is 0 Å². The molecule has 1 fully saturated rings. The van der Waals surface area contributed by atoms with E-state index in [0.29, 0.717) is 24.3 Å². The van der Waals surface area contributed by atoms with Gasteiger partial charge in [0.25, 0.3) is 0 Å². The van der Waals surface area contributed by atoms with E-state index in [9.17, 15) is 4.39 Å². The third kappa shape index (κ3) is 2.88. The van der Waals surface area contributed by atoms with Gasteiger partial charge in [-0.15, -0.1) is 0 Å². The van der Waals surface area contributed by atoms with Crippen LogP contribution in [-0.4, -0.2) is 25.9 Å². The maximum absolute atomic E-state index is 13.4. The number of hydrogen-bond acceptors (Lipinski definition) is 3. The summed E-state index contributed by atoms with van der Waals surface area (Å²) in [6, 6.07) is 4.92. The van der Waals surface area contributed by atoms with Gasteiger partial charge in [-0.05, 0) is 39.7 Å². The molecule has 1 saturated heterocycles. The molecule has 1 atom stereocenters. The molecule has 0 saturated carbocycles. The number of nitrogens with zero attached hydrogens (tertiary/aromatic N) is 4. The second-order valence-electron chi connectivity index (χ2n) is 3.65. The number of halogens is 2. The summed E-state index contributed by atoms with van der Waals surface area (Å²) in [6.45, 7) is 1.28. The van der Waals surface area contributed by atoms with Crippen molar-refractivity contribution in [2.24, 2.45) is 5.11 Å². The van der Waals surface area contributed by atoms with Gasteiger partial charge in [-0.3, -0.25) is 0 Å². The summed E-state index contributed by atoms with van der Waals surface area (Å²) in [6.07, 6.45) is -0.127. The highest BCUT2D eigenvalue weighted by molar-refractivity contribution is 9.10. The van der Waals surface area contributed by atoms with Gasteiger partial charge >= 0.3 is 0 Å². The fourth-order valence-corrected chi connectivity index (χ4v) is 1.89. The predicted molar refractivity (Wildman–Crippen MR) is 65.2 cm³/mol. The van der Waals surface area contributed by atoms with Gasteiger partial charge in [-0.2, -0.15) is 0 Å². The Kier molecular flexibility index (Phi) is 3.83. The lowest BCUT2D eigenvalue weighted by molar-refractivity contribution is 0.122. The SMILES string of the molecule is [N-]=[N+]=NC[C@H]1CN(c2ccc(Br)c(F)c2)CO1. The quantitative estimate of drug-likeness (QED) is 0.489. The smallest absolute Gasteiger partial charge is 0.139 e. The second kappa shape index (κ2) is 5.35. The van der Waals surface area contributed by atoms with E-state index in [4.69, 9.17) is 10.3 Å². The fraction of sp³-hybridized carbons (Fsp3) is 0.400. The van der Waals surface area contributed by atoms with E-state index in [0.717, 1.165) is 5.69 Å². The van der Waals surface area contributed by atoms with Gasteiger partial charge in [0, 0.05) is 17.1 Å². The molecule has 17 heavy (non-hydrogen) atoms. The third-order valence-corrected chi connectivity index (χ3v) is 3.15. The molecule has 1 aromatic rings. The van der Waals surface area contributed by atoms with Gasteiger partial charge in [-0.1, -0.05) is 5.11 Å². The Balaban J connectivity index is 2.04. The molecule has 0 radical (unpaired) electrons. The monoisotopic (exact) mass is 300 g/mol. The third-order valence-electron chi connectivity index (χ3n) is 2.51. The van der Waals surface area contributed by atoms with Crippen LogP contribution in [0.15, 0.2) is 27.8 Å². The van der Waals surface area contributed by atoms with E-state index in [1.54, 1.807) is 6.07 Å². The number of benzene rings is 1. The topological polar surface area (TPSA) is 61.2 Å². The molecule has 1 aromatic carbocycles. The first kappa shape index (κ1) is 12.2. The van der Waals surface area contributed by atoms with Crippen molar-refractivity contribution in [3.8, 4) is 0 Å². The molecule has 1 aliphatic rings. The van der Waals surface area contributed by atoms with Crippen LogP contribution in [-0.2, 0) is 4.74 Å². The average Bonchev–Trinajstić information content (AvgIpc) is 2.79. The Labute approximate surface area is 106 Å². The van der Waals surface area contributed by atoms with E-state index in [-0.39, 0.29) is 11.9 Å². The van der Waals surface area contributed by atoms with Crippen molar-refractivity contribution < 1.29 is 9.13 Å². The molecule has 5 nitrogen and oxygen atoms in total. The lowest BCUT2D eigenvalue weighted by atomic mass is 10.2. The molecule has 90 valence electrons. The number of azide groups is 1. The lowest BCUT2D eigenvalue weighted by Crippen LogP contribution is -2.22. The van der Waals surface area contributed by atoms with Gasteiger partial charge in [0.05, 0.1) is 17.1 Å². The van der Waals surface area contributed by atoms with E-state index in [2.05, 4.69) is 26.0 Å². The van der Waals surface area contributed by atoms with Crippen molar-refractivity contribution in [2.45, 2.75) is 6.10 Å². The Hall–Kier alpha value is -1.30. The summed E-state index contributed by atoms with van der Waals surface area (Å²) in [5.74, 6) is -0.305. The minimum atomic E-state index is -0.305. The van der Waals surface area contributed by atoms with E-state index >= 15 is 0 Å². The van der Waals surface area contributed by atoms with Crippen LogP contribution in [0, 0.1) is 5.82 Å². The maximum Gasteiger partial charge on any atom is 0.139 e. The normalized spacial score (nSPS) is 19.2. The summed E-state index contributed by atoms with van der Waals surface area (Å²) in [4.78, 5) is 4.58. The molecule has 0 bridgehead atoms. The molecule has 1 aliphatic heterocycles. The highest BCUT2D eigenvalue weighted by Crippen LogP contribution is 2.24. The Morgan fingerprint density at radius 2 is 2.47 bits per heavy atom. The lowest BCUT2D eigenvalue weighted by Gasteiger charge is -2.16. The van der Waals surface area contributed by atoms with Crippen LogP contribution in [0.4, 0.5) is 10.1 Å². The second-order valence-corrected chi connectivity index (χ2v) is 4.51. The van der Waals surface area contributed by atoms with Crippen LogP contribution in [0.5, 0.6) is 0 Å². The van der Waals surface area contributed by atoms with Crippen molar-refractivity contribution in [2.75, 3.05) is 24.7 Å². The molecule has 0 spiro atoms. The molecule has 1 heterocycles. The van der Waals surface area contributed by atoms with Crippen molar-refractivity contribution in [1.82, 2.24) is 0 Å². The molecule has 0 N–H and O–H groups in total. The molecule has 0 amide bonds. The fourth-order valence-electron chi connectivity index (χ4n) is 1.65. The summed E-state index contributed by atoms with van der Waals surface area (Å²) in [7, 11) is 0.